The Labute approximate surface area is 86.2 Å². The lowest BCUT2D eigenvalue weighted by Crippen LogP contribution is -2.31. The van der Waals surface area contributed by atoms with Crippen LogP contribution in [0, 0.1) is 5.92 Å². The van der Waals surface area contributed by atoms with Gasteiger partial charge >= 0.3 is 5.97 Å². The summed E-state index contributed by atoms with van der Waals surface area (Å²) in [7, 11) is 0. The number of aliphatic hydroxyl groups excluding tert-OH is 1. The van der Waals surface area contributed by atoms with Crippen LogP contribution in [0.3, 0.4) is 0 Å². The zero-order chi connectivity index (χ0) is 11.0. The van der Waals surface area contributed by atoms with Crippen molar-refractivity contribution < 1.29 is 19.8 Å². The highest BCUT2D eigenvalue weighted by atomic mass is 16.4. The van der Waals surface area contributed by atoms with Gasteiger partial charge in [-0.1, -0.05) is 24.3 Å². The van der Waals surface area contributed by atoms with Gasteiger partial charge in [-0.15, -0.1) is 0 Å². The van der Waals surface area contributed by atoms with Crippen molar-refractivity contribution >= 4 is 11.8 Å². The fourth-order valence-electron chi connectivity index (χ4n) is 1.87. The van der Waals surface area contributed by atoms with Crippen LogP contribution in [0.2, 0.25) is 0 Å². The van der Waals surface area contributed by atoms with Gasteiger partial charge in [0.1, 0.15) is 5.92 Å². The minimum Gasteiger partial charge on any atom is -0.481 e. The van der Waals surface area contributed by atoms with Crippen LogP contribution in [0.4, 0.5) is 0 Å². The van der Waals surface area contributed by atoms with E-state index in [9.17, 15) is 14.7 Å². The molecular weight excluding hydrogens is 196 g/mol. The summed E-state index contributed by atoms with van der Waals surface area (Å²) in [6, 6.07) is 6.58. The predicted molar refractivity (Wildman–Crippen MR) is 51.5 cm³/mol. The van der Waals surface area contributed by atoms with Crippen LogP contribution in [0.15, 0.2) is 24.3 Å². The fourth-order valence-corrected chi connectivity index (χ4v) is 1.87. The van der Waals surface area contributed by atoms with E-state index >= 15 is 0 Å². The lowest BCUT2D eigenvalue weighted by Gasteiger charge is -2.24. The number of hydrogen-bond acceptors (Lipinski definition) is 3. The van der Waals surface area contributed by atoms with E-state index in [1.54, 1.807) is 24.3 Å². The van der Waals surface area contributed by atoms with E-state index in [2.05, 4.69) is 0 Å². The average Bonchev–Trinajstić information content (AvgIpc) is 2.23. The molecule has 78 valence electrons. The van der Waals surface area contributed by atoms with Gasteiger partial charge in [0.05, 0.1) is 6.10 Å². The van der Waals surface area contributed by atoms with Gasteiger partial charge in [0.15, 0.2) is 5.78 Å². The number of Topliss-reactive ketones (excluding diaryl/α,β-unsaturated/α-hetero) is 1. The molecule has 0 radical (unpaired) electrons. The molecule has 0 heterocycles. The summed E-state index contributed by atoms with van der Waals surface area (Å²) in [6.45, 7) is 0. The van der Waals surface area contributed by atoms with Crippen LogP contribution in [-0.4, -0.2) is 22.0 Å². The lowest BCUT2D eigenvalue weighted by atomic mass is 9.81. The van der Waals surface area contributed by atoms with Crippen molar-refractivity contribution in [3.8, 4) is 0 Å². The minimum absolute atomic E-state index is 0.0365. The number of carboxylic acids is 1. The summed E-state index contributed by atoms with van der Waals surface area (Å²) >= 11 is 0. The number of aliphatic carboxylic acids is 1. The Bertz CT molecular complexity index is 424. The van der Waals surface area contributed by atoms with Gasteiger partial charge in [-0.05, 0) is 12.0 Å². The van der Waals surface area contributed by atoms with Crippen molar-refractivity contribution in [3.05, 3.63) is 35.4 Å². The second-order valence-electron chi connectivity index (χ2n) is 3.59. The number of benzene rings is 1. The third-order valence-corrected chi connectivity index (χ3v) is 2.66. The van der Waals surface area contributed by atoms with Gasteiger partial charge in [-0.3, -0.25) is 9.59 Å². The summed E-state index contributed by atoms with van der Waals surface area (Å²) in [5.74, 6) is -2.70. The number of ketones is 1. The van der Waals surface area contributed by atoms with Crippen molar-refractivity contribution in [2.45, 2.75) is 12.5 Å². The first-order chi connectivity index (χ1) is 7.11. The number of carbonyl (C=O) groups excluding carboxylic acids is 1. The van der Waals surface area contributed by atoms with Gasteiger partial charge in [-0.2, -0.15) is 0 Å². The fraction of sp³-hybridized carbons (Fsp3) is 0.273. The summed E-state index contributed by atoms with van der Waals surface area (Å²) in [6.07, 6.45) is -0.898. The van der Waals surface area contributed by atoms with Gasteiger partial charge in [0.2, 0.25) is 0 Å². The molecule has 0 saturated carbocycles. The average molecular weight is 206 g/mol. The Morgan fingerprint density at radius 1 is 1.33 bits per heavy atom. The smallest absolute Gasteiger partial charge is 0.314 e. The number of hydrogen-bond donors (Lipinski definition) is 2. The highest BCUT2D eigenvalue weighted by Gasteiger charge is 2.36. The van der Waals surface area contributed by atoms with Crippen LogP contribution in [0.25, 0.3) is 0 Å². The van der Waals surface area contributed by atoms with Crippen LogP contribution >= 0.6 is 0 Å². The van der Waals surface area contributed by atoms with E-state index in [4.69, 9.17) is 5.11 Å². The summed E-state index contributed by atoms with van der Waals surface area (Å²) in [4.78, 5) is 22.5. The summed E-state index contributed by atoms with van der Waals surface area (Å²) < 4.78 is 0. The molecule has 0 aliphatic heterocycles. The van der Waals surface area contributed by atoms with Crippen molar-refractivity contribution in [2.24, 2.45) is 5.92 Å². The quantitative estimate of drug-likeness (QED) is 0.672. The first-order valence-electron chi connectivity index (χ1n) is 4.65. The third-order valence-electron chi connectivity index (χ3n) is 2.66. The monoisotopic (exact) mass is 206 g/mol. The first-order valence-corrected chi connectivity index (χ1v) is 4.65. The molecule has 0 amide bonds. The number of aliphatic hydroxyl groups is 1. The molecule has 2 atom stereocenters. The molecular formula is C11H10O4. The Kier molecular flexibility index (Phi) is 2.28. The van der Waals surface area contributed by atoms with Crippen molar-refractivity contribution in [1.82, 2.24) is 0 Å². The van der Waals surface area contributed by atoms with Crippen molar-refractivity contribution in [1.29, 1.82) is 0 Å². The zero-order valence-corrected chi connectivity index (χ0v) is 7.88. The van der Waals surface area contributed by atoms with E-state index in [0.717, 1.165) is 0 Å². The van der Waals surface area contributed by atoms with Crippen LogP contribution in [0.1, 0.15) is 28.4 Å². The lowest BCUT2D eigenvalue weighted by molar-refractivity contribution is -0.141. The Morgan fingerprint density at radius 2 is 2.00 bits per heavy atom. The van der Waals surface area contributed by atoms with Crippen LogP contribution in [0.5, 0.6) is 0 Å². The summed E-state index contributed by atoms with van der Waals surface area (Å²) in [5, 5.41) is 18.5. The molecule has 2 rings (SSSR count). The van der Waals surface area contributed by atoms with Gasteiger partial charge < -0.3 is 10.2 Å². The van der Waals surface area contributed by atoms with E-state index in [1.165, 1.54) is 0 Å². The highest BCUT2D eigenvalue weighted by Crippen LogP contribution is 2.32. The van der Waals surface area contributed by atoms with E-state index in [-0.39, 0.29) is 6.42 Å². The molecule has 4 heteroatoms. The highest BCUT2D eigenvalue weighted by molar-refractivity contribution is 6.10. The van der Waals surface area contributed by atoms with Crippen LogP contribution in [-0.2, 0) is 4.79 Å². The Morgan fingerprint density at radius 3 is 2.67 bits per heavy atom. The number of carbonyl (C=O) groups is 2. The first kappa shape index (κ1) is 9.86. The number of fused-ring (bicyclic) bond motifs is 1. The standard InChI is InChI=1S/C11H10O4/c12-9-5-8(11(14)15)10(13)7-4-2-1-3-6(7)9/h1-4,8-9,12H,5H2,(H,14,15). The maximum atomic E-state index is 11.7. The van der Waals surface area contributed by atoms with Gasteiger partial charge in [0.25, 0.3) is 0 Å². The summed E-state index contributed by atoms with van der Waals surface area (Å²) in [5.41, 5.74) is 0.851. The second-order valence-corrected chi connectivity index (χ2v) is 3.59. The SMILES string of the molecule is O=C(O)C1CC(O)c2ccccc2C1=O. The van der Waals surface area contributed by atoms with Gasteiger partial charge in [0, 0.05) is 5.56 Å². The molecule has 15 heavy (non-hydrogen) atoms. The third kappa shape index (κ3) is 1.53. The molecule has 0 spiro atoms. The Hall–Kier alpha value is -1.68. The molecule has 1 aromatic carbocycles. The molecule has 1 aromatic rings. The molecule has 2 unspecified atom stereocenters. The van der Waals surface area contributed by atoms with Crippen molar-refractivity contribution in [2.75, 3.05) is 0 Å². The van der Waals surface area contributed by atoms with Crippen molar-refractivity contribution in [3.63, 3.8) is 0 Å². The number of rotatable bonds is 1. The molecule has 0 aromatic heterocycles. The minimum atomic E-state index is -1.17. The molecule has 0 fully saturated rings. The largest absolute Gasteiger partial charge is 0.481 e. The number of carboxylic acid groups (broad SMARTS) is 1. The normalized spacial score (nSPS) is 24.7. The van der Waals surface area contributed by atoms with E-state index < -0.39 is 23.8 Å². The zero-order valence-electron chi connectivity index (χ0n) is 7.88. The topological polar surface area (TPSA) is 74.6 Å². The maximum Gasteiger partial charge on any atom is 0.314 e. The second kappa shape index (κ2) is 3.47. The molecule has 2 N–H and O–H groups in total. The molecule has 1 aliphatic carbocycles. The predicted octanol–water partition coefficient (Wildman–Crippen LogP) is 1.01. The molecule has 4 nitrogen and oxygen atoms in total. The maximum absolute atomic E-state index is 11.7. The van der Waals surface area contributed by atoms with Crippen LogP contribution < -0.4 is 0 Å². The Balaban J connectivity index is 2.49. The van der Waals surface area contributed by atoms with E-state index in [0.29, 0.717) is 11.1 Å². The molecule has 0 bridgehead atoms. The molecule has 1 aliphatic rings. The molecule has 0 saturated heterocycles. The van der Waals surface area contributed by atoms with Gasteiger partial charge in [-0.25, -0.2) is 0 Å². The van der Waals surface area contributed by atoms with E-state index in [1.807, 2.05) is 0 Å².